The number of methoxy groups -OCH3 is 4. The van der Waals surface area contributed by atoms with E-state index in [9.17, 15) is 14.9 Å². The van der Waals surface area contributed by atoms with Crippen molar-refractivity contribution < 1.29 is 50.1 Å². The van der Waals surface area contributed by atoms with Gasteiger partial charge in [0.05, 0.1) is 60.7 Å². The largest absolute Gasteiger partial charge is 1.00 e. The van der Waals surface area contributed by atoms with Crippen LogP contribution < -0.4 is 35.9 Å². The number of aryl methyl sites for hydroxylation is 1. The van der Waals surface area contributed by atoms with Gasteiger partial charge in [0, 0.05) is 17.4 Å². The van der Waals surface area contributed by atoms with Gasteiger partial charge in [0.15, 0.2) is 29.6 Å². The molecule has 46 heavy (non-hydrogen) atoms. The van der Waals surface area contributed by atoms with Gasteiger partial charge in [-0.2, -0.15) is 5.10 Å². The van der Waals surface area contributed by atoms with Gasteiger partial charge < -0.3 is 50.5 Å². The topological polar surface area (TPSA) is 133 Å². The molecule has 0 fully saturated rings. The first-order valence-electron chi connectivity index (χ1n) is 14.3. The Morgan fingerprint density at radius 1 is 1.04 bits per heavy atom. The predicted octanol–water partition coefficient (Wildman–Crippen LogP) is 1.51. The van der Waals surface area contributed by atoms with E-state index in [1.807, 2.05) is 21.0 Å². The predicted molar refractivity (Wildman–Crippen MR) is 168 cm³/mol. The van der Waals surface area contributed by atoms with Crippen LogP contribution in [0.3, 0.4) is 0 Å². The monoisotopic (exact) mass is 698 g/mol. The number of carbonyl (C=O) groups is 1. The van der Waals surface area contributed by atoms with Gasteiger partial charge in [-0.25, -0.2) is 9.25 Å². The zero-order valence-corrected chi connectivity index (χ0v) is 29.1. The minimum absolute atomic E-state index is 0. The second-order valence-corrected chi connectivity index (χ2v) is 11.1. The van der Waals surface area contributed by atoms with Gasteiger partial charge in [-0.05, 0) is 42.5 Å². The lowest BCUT2D eigenvalue weighted by molar-refractivity contribution is -0.926. The third-order valence-corrected chi connectivity index (χ3v) is 7.50. The van der Waals surface area contributed by atoms with Gasteiger partial charge in [0.25, 0.3) is 0 Å². The molecule has 2 heterocycles. The second-order valence-electron chi connectivity index (χ2n) is 11.1. The zero-order chi connectivity index (χ0) is 33.1. The number of carbonyl (C=O) groups excluding carboxylic acids is 1. The number of fused-ring (bicyclic) bond motifs is 1. The lowest BCUT2D eigenvalue weighted by atomic mass is 10.0. The molecule has 2 aromatic heterocycles. The maximum Gasteiger partial charge on any atom is 0.435 e. The Labute approximate surface area is 278 Å². The highest BCUT2D eigenvalue weighted by Gasteiger charge is 2.32. The van der Waals surface area contributed by atoms with Crippen molar-refractivity contribution in [3.63, 3.8) is 0 Å². The molecule has 4 aromatic rings. The van der Waals surface area contributed by atoms with Crippen molar-refractivity contribution in [2.24, 2.45) is 7.05 Å². The van der Waals surface area contributed by atoms with Crippen LogP contribution in [0.2, 0.25) is 0 Å². The molecule has 0 radical (unpaired) electrons. The fraction of sp³-hybridized carbons (Fsp3) is 0.406. The first-order chi connectivity index (χ1) is 21.4. The molecule has 0 aliphatic heterocycles. The summed E-state index contributed by atoms with van der Waals surface area (Å²) < 4.78 is 25.7. The Bertz CT molecular complexity index is 1810. The molecule has 0 bridgehead atoms. The summed E-state index contributed by atoms with van der Waals surface area (Å²) in [4.78, 5) is 29.7. The molecule has 14 heteroatoms. The molecule has 0 saturated carbocycles. The number of quaternary nitrogens is 1. The molecular formula is C32H39BrN6O7. The van der Waals surface area contributed by atoms with Crippen LogP contribution in [0.4, 0.5) is 5.95 Å². The first kappa shape index (κ1) is 35.9. The van der Waals surface area contributed by atoms with Gasteiger partial charge >= 0.3 is 5.95 Å². The van der Waals surface area contributed by atoms with E-state index in [1.54, 1.807) is 54.6 Å². The van der Waals surface area contributed by atoms with Crippen LogP contribution >= 0.6 is 0 Å². The Kier molecular flexibility index (Phi) is 11.4. The molecular weight excluding hydrogens is 660 g/mol. The fourth-order valence-corrected chi connectivity index (χ4v) is 5.48. The number of ketones is 1. The Morgan fingerprint density at radius 3 is 2.20 bits per heavy atom. The Morgan fingerprint density at radius 2 is 1.67 bits per heavy atom. The van der Waals surface area contributed by atoms with E-state index in [-0.39, 0.29) is 34.4 Å². The van der Waals surface area contributed by atoms with E-state index < -0.39 is 4.92 Å². The smallest absolute Gasteiger partial charge is 0.435 e. The Balaban J connectivity index is 0.00000576. The van der Waals surface area contributed by atoms with Gasteiger partial charge in [-0.15, -0.1) is 5.92 Å². The molecule has 0 amide bonds. The zero-order valence-electron chi connectivity index (χ0n) is 27.6. The highest BCUT2D eigenvalue weighted by Crippen LogP contribution is 2.39. The third kappa shape index (κ3) is 6.80. The first-order valence-corrected chi connectivity index (χ1v) is 14.3. The molecule has 0 aliphatic carbocycles. The average molecular weight is 700 g/mol. The number of nitro groups is 1. The number of nitrogens with zero attached hydrogens (tertiary/aromatic N) is 6. The number of hydrogen-bond acceptors (Lipinski definition) is 9. The maximum absolute atomic E-state index is 14.1. The van der Waals surface area contributed by atoms with E-state index in [0.29, 0.717) is 74.8 Å². The molecule has 0 unspecified atom stereocenters. The summed E-state index contributed by atoms with van der Waals surface area (Å²) in [5, 5.41) is 17.1. The fourth-order valence-electron chi connectivity index (χ4n) is 5.48. The molecule has 0 saturated heterocycles. The van der Waals surface area contributed by atoms with Crippen molar-refractivity contribution in [2.75, 3.05) is 42.5 Å². The standard InChI is InChI=1S/C32H39N6O7.BrH/c1-10-12-21-25(42-6)15-14-22-28(30(39)20-16-26(43-7)31(45-9)27(17-20)44-8)34-36(29(21)22)19-38(4,5)18-24-23(13-11-2)33-32(35(24)3)37(40)41;/h14-17H,11,13,18-19H2,1-9H3;1H/q+1;/p-1. The van der Waals surface area contributed by atoms with Crippen molar-refractivity contribution in [3.05, 3.63) is 62.6 Å². The molecule has 2 aromatic carbocycles. The van der Waals surface area contributed by atoms with E-state index in [2.05, 4.69) is 16.8 Å². The number of hydrogen-bond donors (Lipinski definition) is 0. The summed E-state index contributed by atoms with van der Waals surface area (Å²) >= 11 is 0. The van der Waals surface area contributed by atoms with Crippen molar-refractivity contribution >= 4 is 22.6 Å². The molecule has 0 spiro atoms. The lowest BCUT2D eigenvalue weighted by Crippen LogP contribution is -3.00. The Hall–Kier alpha value is -4.61. The van der Waals surface area contributed by atoms with Crippen molar-refractivity contribution in [1.82, 2.24) is 19.3 Å². The highest BCUT2D eigenvalue weighted by atomic mass is 79.9. The second kappa shape index (κ2) is 14.7. The van der Waals surface area contributed by atoms with Crippen LogP contribution in [0.25, 0.3) is 10.9 Å². The molecule has 246 valence electrons. The molecule has 0 atom stereocenters. The van der Waals surface area contributed by atoms with Crippen molar-refractivity contribution in [3.8, 4) is 34.8 Å². The summed E-state index contributed by atoms with van der Waals surface area (Å²) in [6.07, 6.45) is 1.41. The minimum atomic E-state index is -0.466. The van der Waals surface area contributed by atoms with Gasteiger partial charge in [0.1, 0.15) is 18.0 Å². The van der Waals surface area contributed by atoms with Crippen LogP contribution in [-0.2, 0) is 26.7 Å². The number of rotatable bonds is 13. The summed E-state index contributed by atoms with van der Waals surface area (Å²) in [5.74, 6) is 7.15. The van der Waals surface area contributed by atoms with Crippen LogP contribution in [0, 0.1) is 22.0 Å². The quantitative estimate of drug-likeness (QED) is 0.0670. The molecule has 0 N–H and O–H groups in total. The third-order valence-electron chi connectivity index (χ3n) is 7.50. The minimum Gasteiger partial charge on any atom is -1.00 e. The molecule has 0 aliphatic rings. The summed E-state index contributed by atoms with van der Waals surface area (Å²) in [6, 6.07) is 6.75. The summed E-state index contributed by atoms with van der Waals surface area (Å²) in [7, 11) is 11.7. The highest BCUT2D eigenvalue weighted by molar-refractivity contribution is 6.16. The number of halogens is 1. The van der Waals surface area contributed by atoms with Crippen LogP contribution in [0.15, 0.2) is 24.3 Å². The van der Waals surface area contributed by atoms with E-state index in [4.69, 9.17) is 24.0 Å². The normalized spacial score (nSPS) is 11.0. The van der Waals surface area contributed by atoms with Gasteiger partial charge in [0.2, 0.25) is 11.5 Å². The van der Waals surface area contributed by atoms with Crippen molar-refractivity contribution in [2.45, 2.75) is 39.9 Å². The van der Waals surface area contributed by atoms with E-state index in [0.717, 1.165) is 12.1 Å². The number of aromatic nitrogens is 4. The SMILES string of the molecule is CC#Cc1c(OC)ccc2c(C(=O)c3cc(OC)c(OC)c(OC)c3)nn(C[N+](C)(C)Cc3c(CCC)nc([N+](=O)[O-])n3C)c12.[Br-]. The number of imidazole rings is 1. The van der Waals surface area contributed by atoms with Crippen LogP contribution in [-0.4, -0.2) is 77.1 Å². The van der Waals surface area contributed by atoms with Crippen molar-refractivity contribution in [1.29, 1.82) is 0 Å². The van der Waals surface area contributed by atoms with Crippen LogP contribution in [0.1, 0.15) is 53.3 Å². The molecule has 4 rings (SSSR count). The number of ether oxygens (including phenoxy) is 4. The maximum atomic E-state index is 14.1. The van der Waals surface area contributed by atoms with Gasteiger partial charge in [-0.3, -0.25) is 4.79 Å². The average Bonchev–Trinajstić information content (AvgIpc) is 3.52. The van der Waals surface area contributed by atoms with Gasteiger partial charge in [-0.1, -0.05) is 17.8 Å². The van der Waals surface area contributed by atoms with E-state index in [1.165, 1.54) is 21.3 Å². The number of benzene rings is 2. The lowest BCUT2D eigenvalue weighted by Gasteiger charge is -2.29. The summed E-state index contributed by atoms with van der Waals surface area (Å²) in [5.41, 5.74) is 3.21. The van der Waals surface area contributed by atoms with Crippen LogP contribution in [0.5, 0.6) is 23.0 Å². The van der Waals surface area contributed by atoms with E-state index >= 15 is 0 Å². The molecule has 13 nitrogen and oxygen atoms in total. The summed E-state index contributed by atoms with van der Waals surface area (Å²) in [6.45, 7) is 4.46.